The maximum Gasteiger partial charge on any atom is 0.0235 e. The molecule has 0 aromatic carbocycles. The molecule has 2 aliphatic rings. The van der Waals surface area contributed by atoms with Gasteiger partial charge in [-0.2, -0.15) is 0 Å². The minimum atomic E-state index is 0.805. The molecule has 1 atom stereocenters. The van der Waals surface area contributed by atoms with E-state index in [-0.39, 0.29) is 0 Å². The summed E-state index contributed by atoms with van der Waals surface area (Å²) in [5.74, 6) is 0. The van der Waals surface area contributed by atoms with E-state index < -0.39 is 0 Å². The molecule has 1 saturated carbocycles. The molecular weight excluding hydrogens is 162 g/mol. The maximum absolute atomic E-state index is 5.55. The summed E-state index contributed by atoms with van der Waals surface area (Å²) in [4.78, 5) is 5.07. The van der Waals surface area contributed by atoms with E-state index in [9.17, 15) is 0 Å². The Labute approximate surface area is 80.9 Å². The zero-order valence-electron chi connectivity index (χ0n) is 8.58. The van der Waals surface area contributed by atoms with Crippen LogP contribution in [0.2, 0.25) is 0 Å². The van der Waals surface area contributed by atoms with E-state index in [1.54, 1.807) is 0 Å². The molecule has 1 aliphatic carbocycles. The molecule has 2 N–H and O–H groups in total. The van der Waals surface area contributed by atoms with Crippen molar-refractivity contribution in [2.24, 2.45) is 5.73 Å². The molecule has 0 bridgehead atoms. The molecule has 0 unspecified atom stereocenters. The van der Waals surface area contributed by atoms with Gasteiger partial charge in [-0.25, -0.2) is 0 Å². The van der Waals surface area contributed by atoms with Crippen LogP contribution in [-0.2, 0) is 0 Å². The van der Waals surface area contributed by atoms with Crippen LogP contribution in [0.15, 0.2) is 0 Å². The van der Waals surface area contributed by atoms with Gasteiger partial charge in [0.1, 0.15) is 0 Å². The predicted octanol–water partition coefficient (Wildman–Crippen LogP) is 0.114. The van der Waals surface area contributed by atoms with Crippen LogP contribution in [0.3, 0.4) is 0 Å². The summed E-state index contributed by atoms with van der Waals surface area (Å²) in [6.45, 7) is 4.37. The molecule has 0 aromatic rings. The van der Waals surface area contributed by atoms with Gasteiger partial charge in [0.25, 0.3) is 0 Å². The molecule has 0 spiro atoms. The molecular formula is C10H21N3. The third-order valence-corrected chi connectivity index (χ3v) is 3.39. The SMILES string of the molecule is CN(C1CC1)[C@H]1CCN(CCN)C1. The minimum Gasteiger partial charge on any atom is -0.329 e. The average molecular weight is 183 g/mol. The first-order chi connectivity index (χ1) is 6.31. The topological polar surface area (TPSA) is 32.5 Å². The normalized spacial score (nSPS) is 30.2. The molecule has 3 heteroatoms. The number of rotatable bonds is 4. The lowest BCUT2D eigenvalue weighted by Gasteiger charge is -2.24. The van der Waals surface area contributed by atoms with Crippen molar-refractivity contribution in [2.45, 2.75) is 31.3 Å². The molecule has 0 amide bonds. The smallest absolute Gasteiger partial charge is 0.0235 e. The lowest BCUT2D eigenvalue weighted by molar-refractivity contribution is 0.225. The first-order valence-corrected chi connectivity index (χ1v) is 5.45. The fourth-order valence-corrected chi connectivity index (χ4v) is 2.31. The van der Waals surface area contributed by atoms with Crippen LogP contribution < -0.4 is 5.73 Å². The second kappa shape index (κ2) is 3.95. The first-order valence-electron chi connectivity index (χ1n) is 5.45. The summed E-state index contributed by atoms with van der Waals surface area (Å²) >= 11 is 0. The highest BCUT2D eigenvalue weighted by molar-refractivity contribution is 4.90. The Balaban J connectivity index is 1.76. The zero-order chi connectivity index (χ0) is 9.26. The summed E-state index contributed by atoms with van der Waals surface area (Å²) in [5, 5.41) is 0. The predicted molar refractivity (Wildman–Crippen MR) is 54.7 cm³/mol. The number of hydrogen-bond acceptors (Lipinski definition) is 3. The van der Waals surface area contributed by atoms with E-state index >= 15 is 0 Å². The van der Waals surface area contributed by atoms with E-state index in [4.69, 9.17) is 5.73 Å². The van der Waals surface area contributed by atoms with Crippen molar-refractivity contribution < 1.29 is 0 Å². The first kappa shape index (κ1) is 9.44. The number of nitrogens with zero attached hydrogens (tertiary/aromatic N) is 2. The van der Waals surface area contributed by atoms with Gasteiger partial charge in [0.05, 0.1) is 0 Å². The average Bonchev–Trinajstić information content (AvgIpc) is 2.87. The fourth-order valence-electron chi connectivity index (χ4n) is 2.31. The summed E-state index contributed by atoms with van der Waals surface area (Å²) in [5.41, 5.74) is 5.55. The highest BCUT2D eigenvalue weighted by Crippen LogP contribution is 2.29. The van der Waals surface area contributed by atoms with Gasteiger partial charge in [-0.15, -0.1) is 0 Å². The maximum atomic E-state index is 5.55. The number of nitrogens with two attached hydrogens (primary N) is 1. The van der Waals surface area contributed by atoms with E-state index in [0.717, 1.165) is 25.2 Å². The number of likely N-dealkylation sites (tertiary alicyclic amines) is 1. The highest BCUT2D eigenvalue weighted by Gasteiger charge is 2.34. The fraction of sp³-hybridized carbons (Fsp3) is 1.00. The van der Waals surface area contributed by atoms with Gasteiger partial charge in [-0.05, 0) is 32.9 Å². The Hall–Kier alpha value is -0.120. The van der Waals surface area contributed by atoms with Crippen molar-refractivity contribution in [2.75, 3.05) is 33.2 Å². The van der Waals surface area contributed by atoms with Gasteiger partial charge in [0, 0.05) is 31.7 Å². The van der Waals surface area contributed by atoms with Crippen molar-refractivity contribution in [3.05, 3.63) is 0 Å². The standard InChI is InChI=1S/C10H21N3/c1-12(9-2-3-9)10-4-6-13(8-10)7-5-11/h9-10H,2-8,11H2,1H3/t10-/m0/s1. The molecule has 0 aromatic heterocycles. The van der Waals surface area contributed by atoms with Crippen molar-refractivity contribution in [1.82, 2.24) is 9.80 Å². The summed E-state index contributed by atoms with van der Waals surface area (Å²) in [6.07, 6.45) is 4.18. The third-order valence-electron chi connectivity index (χ3n) is 3.39. The summed E-state index contributed by atoms with van der Waals surface area (Å²) < 4.78 is 0. The van der Waals surface area contributed by atoms with E-state index in [1.165, 1.54) is 32.4 Å². The quantitative estimate of drug-likeness (QED) is 0.671. The van der Waals surface area contributed by atoms with Crippen LogP contribution in [0.5, 0.6) is 0 Å². The van der Waals surface area contributed by atoms with Crippen LogP contribution in [0.4, 0.5) is 0 Å². The second-order valence-electron chi connectivity index (χ2n) is 4.43. The third kappa shape index (κ3) is 2.22. The molecule has 13 heavy (non-hydrogen) atoms. The van der Waals surface area contributed by atoms with Gasteiger partial charge in [-0.3, -0.25) is 4.90 Å². The van der Waals surface area contributed by atoms with Crippen LogP contribution in [-0.4, -0.2) is 55.1 Å². The van der Waals surface area contributed by atoms with Crippen molar-refractivity contribution in [3.8, 4) is 0 Å². The summed E-state index contributed by atoms with van der Waals surface area (Å²) in [6, 6.07) is 1.71. The van der Waals surface area contributed by atoms with Gasteiger partial charge in [0.2, 0.25) is 0 Å². The Kier molecular flexibility index (Phi) is 2.86. The molecule has 1 saturated heterocycles. The molecule has 2 fully saturated rings. The molecule has 3 nitrogen and oxygen atoms in total. The summed E-state index contributed by atoms with van der Waals surface area (Å²) in [7, 11) is 2.29. The Bertz CT molecular complexity index is 168. The van der Waals surface area contributed by atoms with Crippen molar-refractivity contribution in [1.29, 1.82) is 0 Å². The van der Waals surface area contributed by atoms with Crippen LogP contribution in [0.1, 0.15) is 19.3 Å². The number of hydrogen-bond donors (Lipinski definition) is 1. The lowest BCUT2D eigenvalue weighted by atomic mass is 10.2. The Morgan fingerprint density at radius 2 is 2.08 bits per heavy atom. The van der Waals surface area contributed by atoms with E-state index in [0.29, 0.717) is 0 Å². The monoisotopic (exact) mass is 183 g/mol. The van der Waals surface area contributed by atoms with Crippen LogP contribution in [0.25, 0.3) is 0 Å². The molecule has 1 heterocycles. The molecule has 1 aliphatic heterocycles. The van der Waals surface area contributed by atoms with Gasteiger partial charge >= 0.3 is 0 Å². The highest BCUT2D eigenvalue weighted by atomic mass is 15.3. The molecule has 2 rings (SSSR count). The Morgan fingerprint density at radius 1 is 1.31 bits per heavy atom. The van der Waals surface area contributed by atoms with Gasteiger partial charge in [-0.1, -0.05) is 0 Å². The van der Waals surface area contributed by atoms with Gasteiger partial charge < -0.3 is 10.6 Å². The minimum absolute atomic E-state index is 0.805. The zero-order valence-corrected chi connectivity index (χ0v) is 8.58. The molecule has 0 radical (unpaired) electrons. The van der Waals surface area contributed by atoms with Crippen molar-refractivity contribution >= 4 is 0 Å². The van der Waals surface area contributed by atoms with Crippen LogP contribution in [0, 0.1) is 0 Å². The Morgan fingerprint density at radius 3 is 2.69 bits per heavy atom. The lowest BCUT2D eigenvalue weighted by Crippen LogP contribution is -2.37. The largest absolute Gasteiger partial charge is 0.329 e. The van der Waals surface area contributed by atoms with E-state index in [1.807, 2.05) is 0 Å². The number of likely N-dealkylation sites (N-methyl/N-ethyl adjacent to an activating group) is 1. The van der Waals surface area contributed by atoms with Crippen molar-refractivity contribution in [3.63, 3.8) is 0 Å². The van der Waals surface area contributed by atoms with Crippen LogP contribution >= 0.6 is 0 Å². The second-order valence-corrected chi connectivity index (χ2v) is 4.43. The molecule has 76 valence electrons. The van der Waals surface area contributed by atoms with Gasteiger partial charge in [0.15, 0.2) is 0 Å². The van der Waals surface area contributed by atoms with E-state index in [2.05, 4.69) is 16.8 Å².